The normalized spacial score (nSPS) is 10.8. The maximum atomic E-state index is 4.43. The summed E-state index contributed by atoms with van der Waals surface area (Å²) in [5.41, 5.74) is 3.49. The van der Waals surface area contributed by atoms with Crippen LogP contribution in [0.25, 0.3) is 11.4 Å². The second-order valence-corrected chi connectivity index (χ2v) is 4.82. The Morgan fingerprint density at radius 1 is 1.12 bits per heavy atom. The van der Waals surface area contributed by atoms with Crippen LogP contribution in [0, 0.1) is 20.8 Å². The fourth-order valence-electron chi connectivity index (χ4n) is 1.66. The highest BCUT2D eigenvalue weighted by Crippen LogP contribution is 2.26. The molecule has 0 amide bonds. The Hall–Kier alpha value is -1.16. The molecule has 0 spiro atoms. The van der Waals surface area contributed by atoms with Gasteiger partial charge < -0.3 is 0 Å². The van der Waals surface area contributed by atoms with Gasteiger partial charge in [0.15, 0.2) is 5.82 Å². The van der Waals surface area contributed by atoms with Gasteiger partial charge in [-0.15, -0.1) is 0 Å². The number of aryl methyl sites for hydroxylation is 4. The molecular formula is C12H14BrN3. The van der Waals surface area contributed by atoms with Gasteiger partial charge in [-0.3, -0.25) is 4.68 Å². The zero-order valence-electron chi connectivity index (χ0n) is 9.87. The van der Waals surface area contributed by atoms with Crippen molar-refractivity contribution in [3.05, 3.63) is 33.6 Å². The molecule has 0 radical (unpaired) electrons. The first kappa shape index (κ1) is 11.3. The summed E-state index contributed by atoms with van der Waals surface area (Å²) in [5.74, 6) is 1.71. The molecule has 0 saturated heterocycles. The van der Waals surface area contributed by atoms with Gasteiger partial charge in [0.05, 0.1) is 0 Å². The largest absolute Gasteiger partial charge is 0.253 e. The third-order valence-electron chi connectivity index (χ3n) is 2.68. The van der Waals surface area contributed by atoms with Gasteiger partial charge in [-0.2, -0.15) is 5.10 Å². The van der Waals surface area contributed by atoms with Crippen LogP contribution in [0.15, 0.2) is 16.6 Å². The fraction of sp³-hybridized carbons (Fsp3) is 0.333. The van der Waals surface area contributed by atoms with Crippen LogP contribution in [0.4, 0.5) is 0 Å². The molecule has 84 valence electrons. The van der Waals surface area contributed by atoms with Crippen molar-refractivity contribution in [2.75, 3.05) is 0 Å². The predicted octanol–water partition coefficient (Wildman–Crippen LogP) is 3.17. The van der Waals surface area contributed by atoms with Gasteiger partial charge >= 0.3 is 0 Å². The maximum absolute atomic E-state index is 4.43. The maximum Gasteiger partial charge on any atom is 0.181 e. The Labute approximate surface area is 104 Å². The smallest absolute Gasteiger partial charge is 0.181 e. The summed E-state index contributed by atoms with van der Waals surface area (Å²) in [6.45, 7) is 6.11. The first-order valence-corrected chi connectivity index (χ1v) is 5.93. The zero-order chi connectivity index (χ0) is 11.9. The molecule has 0 saturated carbocycles. The van der Waals surface area contributed by atoms with Crippen molar-refractivity contribution in [2.24, 2.45) is 7.05 Å². The lowest BCUT2D eigenvalue weighted by molar-refractivity contribution is 0.736. The number of rotatable bonds is 1. The third kappa shape index (κ3) is 1.89. The highest BCUT2D eigenvalue weighted by atomic mass is 79.9. The summed E-state index contributed by atoms with van der Waals surface area (Å²) in [6, 6.07) is 4.21. The molecule has 0 aliphatic rings. The van der Waals surface area contributed by atoms with Gasteiger partial charge in [-0.25, -0.2) is 4.98 Å². The van der Waals surface area contributed by atoms with Gasteiger partial charge in [0.25, 0.3) is 0 Å². The molecule has 1 heterocycles. The summed E-state index contributed by atoms with van der Waals surface area (Å²) in [5, 5.41) is 4.38. The predicted molar refractivity (Wildman–Crippen MR) is 68.4 cm³/mol. The van der Waals surface area contributed by atoms with E-state index in [9.17, 15) is 0 Å². The Kier molecular flexibility index (Phi) is 2.84. The molecule has 3 nitrogen and oxygen atoms in total. The minimum Gasteiger partial charge on any atom is -0.253 e. The van der Waals surface area contributed by atoms with Crippen molar-refractivity contribution in [3.8, 4) is 11.4 Å². The first-order valence-electron chi connectivity index (χ1n) is 5.14. The first-order chi connectivity index (χ1) is 7.49. The second-order valence-electron chi connectivity index (χ2n) is 4.03. The van der Waals surface area contributed by atoms with E-state index >= 15 is 0 Å². The van der Waals surface area contributed by atoms with Crippen molar-refractivity contribution >= 4 is 15.9 Å². The molecule has 0 aliphatic carbocycles. The lowest BCUT2D eigenvalue weighted by Crippen LogP contribution is -1.92. The highest BCUT2D eigenvalue weighted by molar-refractivity contribution is 9.10. The van der Waals surface area contributed by atoms with Crippen LogP contribution in [0.2, 0.25) is 0 Å². The summed E-state index contributed by atoms with van der Waals surface area (Å²) in [7, 11) is 1.91. The topological polar surface area (TPSA) is 30.7 Å². The Bertz CT molecular complexity index is 501. The van der Waals surface area contributed by atoms with Gasteiger partial charge in [-0.1, -0.05) is 15.9 Å². The molecule has 4 heteroatoms. The monoisotopic (exact) mass is 279 g/mol. The van der Waals surface area contributed by atoms with Crippen molar-refractivity contribution in [1.29, 1.82) is 0 Å². The fourth-order valence-corrected chi connectivity index (χ4v) is 1.89. The molecule has 2 rings (SSSR count). The van der Waals surface area contributed by atoms with E-state index in [1.165, 1.54) is 11.1 Å². The number of hydrogen-bond donors (Lipinski definition) is 0. The Morgan fingerprint density at radius 3 is 2.12 bits per heavy atom. The van der Waals surface area contributed by atoms with Crippen molar-refractivity contribution in [1.82, 2.24) is 14.8 Å². The molecule has 0 unspecified atom stereocenters. The average molecular weight is 280 g/mol. The van der Waals surface area contributed by atoms with Gasteiger partial charge in [0.1, 0.15) is 5.82 Å². The van der Waals surface area contributed by atoms with Crippen molar-refractivity contribution in [2.45, 2.75) is 20.8 Å². The second kappa shape index (κ2) is 4.01. The quantitative estimate of drug-likeness (QED) is 0.803. The molecular weight excluding hydrogens is 266 g/mol. The average Bonchev–Trinajstić information content (AvgIpc) is 2.55. The SMILES string of the molecule is Cc1cc(-c2nc(C)n(C)n2)cc(C)c1Br. The van der Waals surface area contributed by atoms with Gasteiger partial charge in [0, 0.05) is 17.1 Å². The van der Waals surface area contributed by atoms with Gasteiger partial charge in [-0.05, 0) is 44.0 Å². The molecule has 0 atom stereocenters. The summed E-state index contributed by atoms with van der Waals surface area (Å²) in [6.07, 6.45) is 0. The zero-order valence-corrected chi connectivity index (χ0v) is 11.5. The highest BCUT2D eigenvalue weighted by Gasteiger charge is 2.09. The molecule has 0 aliphatic heterocycles. The van der Waals surface area contributed by atoms with Crippen molar-refractivity contribution in [3.63, 3.8) is 0 Å². The molecule has 1 aromatic carbocycles. The van der Waals surface area contributed by atoms with E-state index in [-0.39, 0.29) is 0 Å². The minimum atomic E-state index is 0.790. The Balaban J connectivity index is 2.56. The number of halogens is 1. The molecule has 0 bridgehead atoms. The van der Waals surface area contributed by atoms with E-state index in [1.807, 2.05) is 14.0 Å². The number of hydrogen-bond acceptors (Lipinski definition) is 2. The molecule has 16 heavy (non-hydrogen) atoms. The van der Waals surface area contributed by atoms with Crippen LogP contribution in [0.5, 0.6) is 0 Å². The number of nitrogens with zero attached hydrogens (tertiary/aromatic N) is 3. The van der Waals surface area contributed by atoms with Crippen molar-refractivity contribution < 1.29 is 0 Å². The third-order valence-corrected chi connectivity index (χ3v) is 3.93. The van der Waals surface area contributed by atoms with Gasteiger partial charge in [0.2, 0.25) is 0 Å². The summed E-state index contributed by atoms with van der Waals surface area (Å²) in [4.78, 5) is 4.43. The molecule has 0 fully saturated rings. The van der Waals surface area contributed by atoms with Crippen LogP contribution < -0.4 is 0 Å². The van der Waals surface area contributed by atoms with E-state index < -0.39 is 0 Å². The van der Waals surface area contributed by atoms with Crippen LogP contribution in [0.3, 0.4) is 0 Å². The minimum absolute atomic E-state index is 0.790. The summed E-state index contributed by atoms with van der Waals surface area (Å²) >= 11 is 3.56. The Morgan fingerprint density at radius 2 is 1.69 bits per heavy atom. The lowest BCUT2D eigenvalue weighted by Gasteiger charge is -2.05. The molecule has 0 N–H and O–H groups in total. The van der Waals surface area contributed by atoms with E-state index in [0.717, 1.165) is 21.7 Å². The van der Waals surface area contributed by atoms with E-state index in [4.69, 9.17) is 0 Å². The number of aromatic nitrogens is 3. The lowest BCUT2D eigenvalue weighted by atomic mass is 10.1. The van der Waals surface area contributed by atoms with Crippen LogP contribution in [0.1, 0.15) is 17.0 Å². The van der Waals surface area contributed by atoms with E-state index in [1.54, 1.807) is 4.68 Å². The summed E-state index contributed by atoms with van der Waals surface area (Å²) < 4.78 is 2.95. The molecule has 2 aromatic rings. The standard InChI is InChI=1S/C12H14BrN3/c1-7-5-10(6-8(2)11(7)13)12-14-9(3)16(4)15-12/h5-6H,1-4H3. The van der Waals surface area contributed by atoms with Crippen LogP contribution in [-0.2, 0) is 7.05 Å². The number of benzene rings is 1. The van der Waals surface area contributed by atoms with E-state index in [2.05, 4.69) is 52.0 Å². The van der Waals surface area contributed by atoms with Crippen LogP contribution in [-0.4, -0.2) is 14.8 Å². The molecule has 1 aromatic heterocycles. The van der Waals surface area contributed by atoms with E-state index in [0.29, 0.717) is 0 Å². The van der Waals surface area contributed by atoms with Crippen LogP contribution >= 0.6 is 15.9 Å².